The van der Waals surface area contributed by atoms with Crippen LogP contribution in [-0.4, -0.2) is 38.0 Å². The number of tetrazole rings is 1. The van der Waals surface area contributed by atoms with Gasteiger partial charge in [0.2, 0.25) is 11.1 Å². The van der Waals surface area contributed by atoms with Crippen molar-refractivity contribution in [1.82, 2.24) is 20.2 Å². The maximum absolute atomic E-state index is 12.6. The Morgan fingerprint density at radius 1 is 1.29 bits per heavy atom. The molecule has 3 rings (SSSR count). The summed E-state index contributed by atoms with van der Waals surface area (Å²) >= 11 is 13.3. The number of aromatic nitrogens is 4. The van der Waals surface area contributed by atoms with Crippen LogP contribution in [0.15, 0.2) is 47.6 Å². The lowest BCUT2D eigenvalue weighted by molar-refractivity contribution is -0.115. The molecule has 146 valence electrons. The number of halogens is 2. The number of ether oxygens (including phenoxy) is 1. The van der Waals surface area contributed by atoms with Crippen LogP contribution in [-0.2, 0) is 4.79 Å². The first-order chi connectivity index (χ1) is 13.5. The van der Waals surface area contributed by atoms with Crippen LogP contribution in [0.25, 0.3) is 5.69 Å². The van der Waals surface area contributed by atoms with Crippen LogP contribution < -0.4 is 10.1 Å². The summed E-state index contributed by atoms with van der Waals surface area (Å²) < 4.78 is 7.19. The average Bonchev–Trinajstić information content (AvgIpc) is 3.13. The zero-order chi connectivity index (χ0) is 20.1. The molecule has 3 aromatic rings. The number of hydrogen-bond donors (Lipinski definition) is 1. The normalized spacial score (nSPS) is 11.9. The Morgan fingerprint density at radius 3 is 2.86 bits per heavy atom. The van der Waals surface area contributed by atoms with Crippen molar-refractivity contribution < 1.29 is 9.53 Å². The molecule has 1 atom stereocenters. The van der Waals surface area contributed by atoms with Gasteiger partial charge in [-0.3, -0.25) is 4.79 Å². The quantitative estimate of drug-likeness (QED) is 0.548. The molecule has 1 amide bonds. The Labute approximate surface area is 176 Å². The van der Waals surface area contributed by atoms with Gasteiger partial charge in [-0.1, -0.05) is 47.1 Å². The van der Waals surface area contributed by atoms with Crippen LogP contribution in [0.4, 0.5) is 5.69 Å². The molecule has 1 unspecified atom stereocenters. The third-order valence-electron chi connectivity index (χ3n) is 3.67. The molecule has 1 heterocycles. The fourth-order valence-electron chi connectivity index (χ4n) is 2.35. The van der Waals surface area contributed by atoms with Gasteiger partial charge in [0, 0.05) is 5.02 Å². The minimum Gasteiger partial charge on any atom is -0.492 e. The van der Waals surface area contributed by atoms with E-state index in [1.807, 2.05) is 31.2 Å². The van der Waals surface area contributed by atoms with Crippen LogP contribution in [0.3, 0.4) is 0 Å². The van der Waals surface area contributed by atoms with Crippen LogP contribution >= 0.6 is 35.0 Å². The van der Waals surface area contributed by atoms with Crippen molar-refractivity contribution in [2.45, 2.75) is 24.3 Å². The lowest BCUT2D eigenvalue weighted by Crippen LogP contribution is -2.23. The maximum atomic E-state index is 12.6. The number of hydrogen-bond acceptors (Lipinski definition) is 6. The van der Waals surface area contributed by atoms with E-state index in [-0.39, 0.29) is 5.91 Å². The molecule has 1 N–H and O–H groups in total. The summed E-state index contributed by atoms with van der Waals surface area (Å²) in [7, 11) is 0. The topological polar surface area (TPSA) is 81.9 Å². The molecule has 28 heavy (non-hydrogen) atoms. The molecular weight excluding hydrogens is 421 g/mol. The van der Waals surface area contributed by atoms with Gasteiger partial charge in [-0.2, -0.15) is 4.68 Å². The van der Waals surface area contributed by atoms with Crippen molar-refractivity contribution >= 4 is 46.6 Å². The Morgan fingerprint density at radius 2 is 2.07 bits per heavy atom. The summed E-state index contributed by atoms with van der Waals surface area (Å²) in [6.45, 7) is 4.17. The number of amides is 1. The fraction of sp³-hybridized carbons (Fsp3) is 0.222. The Bertz CT molecular complexity index is 982. The molecule has 7 nitrogen and oxygen atoms in total. The number of carbonyl (C=O) groups is 1. The molecule has 0 spiro atoms. The van der Waals surface area contributed by atoms with E-state index in [9.17, 15) is 4.79 Å². The second-order valence-corrected chi connectivity index (χ2v) is 7.80. The van der Waals surface area contributed by atoms with Crippen molar-refractivity contribution in [2.75, 3.05) is 11.9 Å². The number of thioether (sulfide) groups is 1. The first-order valence-corrected chi connectivity index (χ1v) is 10.1. The highest BCUT2D eigenvalue weighted by Crippen LogP contribution is 2.30. The SMILES string of the molecule is CCOc1ccccc1-n1nnnc1SC(C)C(=O)Nc1cc(Cl)ccc1Cl. The molecule has 0 aliphatic carbocycles. The van der Waals surface area contributed by atoms with E-state index in [4.69, 9.17) is 27.9 Å². The monoisotopic (exact) mass is 437 g/mol. The molecule has 1 aromatic heterocycles. The number of benzene rings is 2. The summed E-state index contributed by atoms with van der Waals surface area (Å²) in [5, 5.41) is 15.5. The van der Waals surface area contributed by atoms with Crippen molar-refractivity contribution in [3.63, 3.8) is 0 Å². The number of carbonyl (C=O) groups excluding carboxylic acids is 1. The van der Waals surface area contributed by atoms with E-state index >= 15 is 0 Å². The number of anilines is 1. The zero-order valence-corrected chi connectivity index (χ0v) is 17.4. The van der Waals surface area contributed by atoms with Gasteiger partial charge >= 0.3 is 0 Å². The third kappa shape index (κ3) is 4.76. The van der Waals surface area contributed by atoms with Crippen molar-refractivity contribution in [3.8, 4) is 11.4 Å². The minimum atomic E-state index is -0.487. The highest BCUT2D eigenvalue weighted by molar-refractivity contribution is 8.00. The molecule has 0 fully saturated rings. The van der Waals surface area contributed by atoms with Crippen LogP contribution in [0.1, 0.15) is 13.8 Å². The van der Waals surface area contributed by atoms with Crippen molar-refractivity contribution in [3.05, 3.63) is 52.5 Å². The molecule has 0 saturated carbocycles. The smallest absolute Gasteiger partial charge is 0.237 e. The van der Waals surface area contributed by atoms with Crippen molar-refractivity contribution in [2.24, 2.45) is 0 Å². The lowest BCUT2D eigenvalue weighted by Gasteiger charge is -2.14. The summed E-state index contributed by atoms with van der Waals surface area (Å²) in [5.41, 5.74) is 1.15. The van der Waals surface area contributed by atoms with Crippen LogP contribution in [0.5, 0.6) is 5.75 Å². The lowest BCUT2D eigenvalue weighted by atomic mass is 10.3. The van der Waals surface area contributed by atoms with E-state index in [2.05, 4.69) is 20.8 Å². The molecule has 0 saturated heterocycles. The summed E-state index contributed by atoms with van der Waals surface area (Å²) in [5.74, 6) is 0.406. The molecule has 0 bridgehead atoms. The molecule has 0 aliphatic heterocycles. The number of nitrogens with one attached hydrogen (secondary N) is 1. The summed E-state index contributed by atoms with van der Waals surface area (Å²) in [6, 6.07) is 12.3. The predicted octanol–water partition coefficient (Wildman–Crippen LogP) is 4.49. The van der Waals surface area contributed by atoms with Gasteiger partial charge in [0.05, 0.1) is 22.6 Å². The van der Waals surface area contributed by atoms with E-state index < -0.39 is 5.25 Å². The van der Waals surface area contributed by atoms with Crippen LogP contribution in [0.2, 0.25) is 10.0 Å². The predicted molar refractivity (Wildman–Crippen MR) is 111 cm³/mol. The molecule has 0 radical (unpaired) electrons. The Balaban J connectivity index is 1.77. The fourth-order valence-corrected chi connectivity index (χ4v) is 3.49. The third-order valence-corrected chi connectivity index (χ3v) is 5.27. The first-order valence-electron chi connectivity index (χ1n) is 8.42. The second-order valence-electron chi connectivity index (χ2n) is 5.65. The zero-order valence-electron chi connectivity index (χ0n) is 15.1. The molecule has 0 aliphatic rings. The van der Waals surface area contributed by atoms with E-state index in [0.29, 0.717) is 38.9 Å². The number of rotatable bonds is 7. The number of para-hydroxylation sites is 2. The van der Waals surface area contributed by atoms with Gasteiger partial charge in [0.15, 0.2) is 0 Å². The van der Waals surface area contributed by atoms with Crippen LogP contribution in [0, 0.1) is 0 Å². The van der Waals surface area contributed by atoms with Crippen molar-refractivity contribution in [1.29, 1.82) is 0 Å². The summed E-state index contributed by atoms with van der Waals surface area (Å²) in [4.78, 5) is 12.6. The van der Waals surface area contributed by atoms with Gasteiger partial charge in [-0.15, -0.1) is 5.10 Å². The molecular formula is C18H17Cl2N5O2S. The van der Waals surface area contributed by atoms with Gasteiger partial charge in [-0.05, 0) is 54.6 Å². The van der Waals surface area contributed by atoms with Gasteiger partial charge < -0.3 is 10.1 Å². The highest BCUT2D eigenvalue weighted by Gasteiger charge is 2.21. The second kappa shape index (κ2) is 9.27. The standard InChI is InChI=1S/C18H17Cl2N5O2S/c1-3-27-16-7-5-4-6-15(16)25-18(22-23-24-25)28-11(2)17(26)21-14-10-12(19)8-9-13(14)20/h4-11H,3H2,1-2H3,(H,21,26). The Kier molecular flexibility index (Phi) is 6.77. The summed E-state index contributed by atoms with van der Waals surface area (Å²) in [6.07, 6.45) is 0. The Hall–Kier alpha value is -2.29. The van der Waals surface area contributed by atoms with E-state index in [1.54, 1.807) is 29.8 Å². The van der Waals surface area contributed by atoms with Gasteiger partial charge in [0.1, 0.15) is 11.4 Å². The minimum absolute atomic E-state index is 0.248. The first kappa shape index (κ1) is 20.4. The molecule has 2 aromatic carbocycles. The largest absolute Gasteiger partial charge is 0.492 e. The highest BCUT2D eigenvalue weighted by atomic mass is 35.5. The number of nitrogens with zero attached hydrogens (tertiary/aromatic N) is 4. The maximum Gasteiger partial charge on any atom is 0.237 e. The van der Waals surface area contributed by atoms with Gasteiger partial charge in [-0.25, -0.2) is 0 Å². The van der Waals surface area contributed by atoms with Gasteiger partial charge in [0.25, 0.3) is 0 Å². The van der Waals surface area contributed by atoms with E-state index in [1.165, 1.54) is 11.8 Å². The molecule has 10 heteroatoms. The van der Waals surface area contributed by atoms with E-state index in [0.717, 1.165) is 0 Å². The average molecular weight is 438 g/mol.